The van der Waals surface area contributed by atoms with Crippen LogP contribution in [0.5, 0.6) is 0 Å². The zero-order chi connectivity index (χ0) is 14.8. The summed E-state index contributed by atoms with van der Waals surface area (Å²) in [5.41, 5.74) is 3.76. The van der Waals surface area contributed by atoms with Crippen LogP contribution in [0.2, 0.25) is 0 Å². The van der Waals surface area contributed by atoms with Crippen LogP contribution in [-0.4, -0.2) is 5.78 Å². The highest BCUT2D eigenvalue weighted by atomic mass is 16.1. The van der Waals surface area contributed by atoms with Crippen LogP contribution in [0.25, 0.3) is 0 Å². The van der Waals surface area contributed by atoms with E-state index in [1.807, 2.05) is 0 Å². The van der Waals surface area contributed by atoms with Crippen LogP contribution in [0.1, 0.15) is 61.5 Å². The van der Waals surface area contributed by atoms with Crippen LogP contribution in [0.3, 0.4) is 0 Å². The molecule has 0 saturated heterocycles. The molecule has 1 saturated carbocycles. The Hall–Kier alpha value is -1.37. The number of ketones is 1. The van der Waals surface area contributed by atoms with Crippen molar-refractivity contribution >= 4 is 5.78 Å². The number of hydrogen-bond donors (Lipinski definition) is 0. The molecule has 1 fully saturated rings. The lowest BCUT2D eigenvalue weighted by Crippen LogP contribution is -2.40. The van der Waals surface area contributed by atoms with Gasteiger partial charge in [-0.15, -0.1) is 0 Å². The molecule has 0 aromatic heterocycles. The second-order valence-electron chi connectivity index (χ2n) is 8.26. The lowest BCUT2D eigenvalue weighted by atomic mass is 9.62. The highest BCUT2D eigenvalue weighted by Gasteiger charge is 2.54. The fourth-order valence-corrected chi connectivity index (χ4v) is 5.00. The molecule has 110 valence electrons. The van der Waals surface area contributed by atoms with Crippen molar-refractivity contribution in [2.75, 3.05) is 0 Å². The zero-order valence-electron chi connectivity index (χ0n) is 13.3. The fraction of sp³-hybridized carbons (Fsp3) is 0.550. The smallest absolute Gasteiger partial charge is 0.169 e. The first kappa shape index (κ1) is 13.3. The van der Waals surface area contributed by atoms with Gasteiger partial charge >= 0.3 is 0 Å². The summed E-state index contributed by atoms with van der Waals surface area (Å²) in [5.74, 6) is 1.60. The number of allylic oxidation sites excluding steroid dienone is 2. The number of rotatable bonds is 0. The van der Waals surface area contributed by atoms with Crippen LogP contribution in [0.4, 0.5) is 0 Å². The number of carbonyl (C=O) groups excluding carboxylic acids is 1. The fourth-order valence-electron chi connectivity index (χ4n) is 5.00. The van der Waals surface area contributed by atoms with E-state index in [0.29, 0.717) is 17.6 Å². The first-order chi connectivity index (χ1) is 9.92. The Balaban J connectivity index is 1.82. The Morgan fingerprint density at radius 3 is 2.62 bits per heavy atom. The van der Waals surface area contributed by atoms with E-state index in [9.17, 15) is 4.79 Å². The molecule has 0 heterocycles. The Morgan fingerprint density at radius 1 is 1.19 bits per heavy atom. The third-order valence-electron chi connectivity index (χ3n) is 6.01. The summed E-state index contributed by atoms with van der Waals surface area (Å²) in [7, 11) is 0. The molecule has 0 aliphatic heterocycles. The van der Waals surface area contributed by atoms with Gasteiger partial charge in [0.05, 0.1) is 0 Å². The molecule has 1 aromatic carbocycles. The van der Waals surface area contributed by atoms with Gasteiger partial charge in [-0.3, -0.25) is 4.79 Å². The van der Waals surface area contributed by atoms with Crippen LogP contribution in [0, 0.1) is 17.3 Å². The quantitative estimate of drug-likeness (QED) is 0.630. The molecule has 2 bridgehead atoms. The van der Waals surface area contributed by atoms with E-state index < -0.39 is 0 Å². The van der Waals surface area contributed by atoms with Gasteiger partial charge in [0.25, 0.3) is 0 Å². The third kappa shape index (κ3) is 1.73. The molecule has 3 unspecified atom stereocenters. The summed E-state index contributed by atoms with van der Waals surface area (Å²) in [6, 6.07) is 6.37. The van der Waals surface area contributed by atoms with E-state index in [1.165, 1.54) is 17.5 Å². The summed E-state index contributed by atoms with van der Waals surface area (Å²) in [4.78, 5) is 13.3. The molecule has 3 aliphatic rings. The predicted molar refractivity (Wildman–Crippen MR) is 85.6 cm³/mol. The number of benzene rings is 1. The SMILES string of the molecule is CC(C)(C)c1cccc2c1CCC1(CC3C=CC1C3)C2=O. The van der Waals surface area contributed by atoms with E-state index in [-0.39, 0.29) is 10.8 Å². The van der Waals surface area contributed by atoms with Gasteiger partial charge in [-0.05, 0) is 54.1 Å². The van der Waals surface area contributed by atoms with E-state index >= 15 is 0 Å². The molecule has 0 amide bonds. The van der Waals surface area contributed by atoms with Crippen LogP contribution in [0.15, 0.2) is 30.4 Å². The van der Waals surface area contributed by atoms with Gasteiger partial charge in [0.1, 0.15) is 0 Å². The Labute approximate surface area is 127 Å². The average Bonchev–Trinajstić information content (AvgIpc) is 3.03. The van der Waals surface area contributed by atoms with Crippen molar-refractivity contribution < 1.29 is 4.79 Å². The molecule has 3 atom stereocenters. The molecule has 1 aromatic rings. The number of Topliss-reactive ketones (excluding diaryl/α,β-unsaturated/α-hetero) is 1. The lowest BCUT2D eigenvalue weighted by molar-refractivity contribution is 0.0701. The minimum Gasteiger partial charge on any atom is -0.294 e. The maximum absolute atomic E-state index is 13.3. The number of hydrogen-bond acceptors (Lipinski definition) is 1. The van der Waals surface area contributed by atoms with Crippen LogP contribution < -0.4 is 0 Å². The van der Waals surface area contributed by atoms with Crippen molar-refractivity contribution in [1.82, 2.24) is 0 Å². The molecule has 1 spiro atoms. The van der Waals surface area contributed by atoms with Crippen molar-refractivity contribution in [2.45, 2.75) is 51.9 Å². The minimum absolute atomic E-state index is 0.0665. The summed E-state index contributed by atoms with van der Waals surface area (Å²) in [6.07, 6.45) is 9.09. The van der Waals surface area contributed by atoms with E-state index in [4.69, 9.17) is 0 Å². The summed E-state index contributed by atoms with van der Waals surface area (Å²) in [5, 5.41) is 0. The van der Waals surface area contributed by atoms with E-state index in [2.05, 4.69) is 51.1 Å². The summed E-state index contributed by atoms with van der Waals surface area (Å²) in [6.45, 7) is 6.74. The molecular weight excluding hydrogens is 256 g/mol. The molecule has 0 N–H and O–H groups in total. The van der Waals surface area contributed by atoms with Gasteiger partial charge in [0, 0.05) is 11.0 Å². The second kappa shape index (κ2) is 4.09. The number of fused-ring (bicyclic) bond motifs is 4. The zero-order valence-corrected chi connectivity index (χ0v) is 13.3. The number of carbonyl (C=O) groups is 1. The molecule has 3 aliphatic carbocycles. The summed E-state index contributed by atoms with van der Waals surface area (Å²) >= 11 is 0. The predicted octanol–water partition coefficient (Wildman–Crippen LogP) is 4.70. The Morgan fingerprint density at radius 2 is 2.00 bits per heavy atom. The largest absolute Gasteiger partial charge is 0.294 e. The van der Waals surface area contributed by atoms with Crippen LogP contribution in [-0.2, 0) is 11.8 Å². The van der Waals surface area contributed by atoms with Gasteiger partial charge in [0.15, 0.2) is 5.78 Å². The average molecular weight is 280 g/mol. The molecule has 1 heteroatoms. The Bertz CT molecular complexity index is 646. The lowest BCUT2D eigenvalue weighted by Gasteiger charge is -2.40. The molecule has 4 rings (SSSR count). The molecular formula is C20H24O. The second-order valence-corrected chi connectivity index (χ2v) is 8.26. The van der Waals surface area contributed by atoms with Crippen molar-refractivity contribution in [3.05, 3.63) is 47.0 Å². The van der Waals surface area contributed by atoms with Crippen LogP contribution >= 0.6 is 0 Å². The standard InChI is InChI=1S/C20H24O/c1-19(2,3)17-6-4-5-16-15(17)9-10-20(18(16)21)12-13-7-8-14(20)11-13/h4-8,13-14H,9-12H2,1-3H3. The van der Waals surface area contributed by atoms with Gasteiger partial charge < -0.3 is 0 Å². The third-order valence-corrected chi connectivity index (χ3v) is 6.01. The van der Waals surface area contributed by atoms with Gasteiger partial charge in [-0.25, -0.2) is 0 Å². The molecule has 21 heavy (non-hydrogen) atoms. The normalized spacial score (nSPS) is 33.8. The van der Waals surface area contributed by atoms with Crippen molar-refractivity contribution in [2.24, 2.45) is 17.3 Å². The van der Waals surface area contributed by atoms with Crippen molar-refractivity contribution in [3.8, 4) is 0 Å². The monoisotopic (exact) mass is 280 g/mol. The Kier molecular flexibility index (Phi) is 2.59. The molecule has 0 radical (unpaired) electrons. The highest BCUT2D eigenvalue weighted by molar-refractivity contribution is 6.04. The first-order valence-electron chi connectivity index (χ1n) is 8.27. The maximum atomic E-state index is 13.3. The first-order valence-corrected chi connectivity index (χ1v) is 8.27. The van der Waals surface area contributed by atoms with Gasteiger partial charge in [0.2, 0.25) is 0 Å². The maximum Gasteiger partial charge on any atom is 0.169 e. The van der Waals surface area contributed by atoms with Gasteiger partial charge in [-0.1, -0.05) is 51.1 Å². The van der Waals surface area contributed by atoms with Crippen molar-refractivity contribution in [1.29, 1.82) is 0 Å². The van der Waals surface area contributed by atoms with E-state index in [0.717, 1.165) is 24.8 Å². The highest BCUT2D eigenvalue weighted by Crippen LogP contribution is 2.58. The van der Waals surface area contributed by atoms with E-state index in [1.54, 1.807) is 0 Å². The minimum atomic E-state index is -0.0665. The molecule has 1 nitrogen and oxygen atoms in total. The van der Waals surface area contributed by atoms with Gasteiger partial charge in [-0.2, -0.15) is 0 Å². The summed E-state index contributed by atoms with van der Waals surface area (Å²) < 4.78 is 0. The van der Waals surface area contributed by atoms with Crippen molar-refractivity contribution in [3.63, 3.8) is 0 Å². The topological polar surface area (TPSA) is 17.1 Å².